The standard InChI is InChI=1S/C25H48O5/c1-2-3-4-5-6-7-8-9-10-11-12-13-14-15-16-17-18-19-29-23(20-26)25-24(28)22(27)21-30-25/h9-10,22-28H,2-8,11-21H2,1H3/b10-9+/t22-,23+,24+,25+/m0/s1. The monoisotopic (exact) mass is 428 g/mol. The van der Waals surface area contributed by atoms with Crippen molar-refractivity contribution >= 4 is 0 Å². The Kier molecular flexibility index (Phi) is 17.7. The highest BCUT2D eigenvalue weighted by molar-refractivity contribution is 4.88. The van der Waals surface area contributed by atoms with E-state index >= 15 is 0 Å². The summed E-state index contributed by atoms with van der Waals surface area (Å²) in [5.41, 5.74) is 0. The predicted octanol–water partition coefficient (Wildman–Crippen LogP) is 4.91. The number of ether oxygens (including phenoxy) is 2. The van der Waals surface area contributed by atoms with E-state index in [0.717, 1.165) is 12.8 Å². The minimum absolute atomic E-state index is 0.0978. The normalized spacial score (nSPS) is 22.9. The molecule has 0 radical (unpaired) electrons. The smallest absolute Gasteiger partial charge is 0.114 e. The molecule has 1 aliphatic rings. The fourth-order valence-electron chi connectivity index (χ4n) is 3.97. The molecule has 5 heteroatoms. The number of aliphatic hydroxyl groups excluding tert-OH is 3. The minimum Gasteiger partial charge on any atom is -0.394 e. The molecule has 0 aliphatic carbocycles. The maximum atomic E-state index is 9.84. The summed E-state index contributed by atoms with van der Waals surface area (Å²) in [7, 11) is 0. The third-order valence-corrected chi connectivity index (χ3v) is 5.97. The number of hydrogen-bond acceptors (Lipinski definition) is 5. The molecule has 0 unspecified atom stereocenters. The molecular weight excluding hydrogens is 380 g/mol. The zero-order valence-corrected chi connectivity index (χ0v) is 19.4. The summed E-state index contributed by atoms with van der Waals surface area (Å²) in [5, 5.41) is 28.8. The van der Waals surface area contributed by atoms with Crippen LogP contribution in [-0.4, -0.2) is 59.6 Å². The van der Waals surface area contributed by atoms with Crippen molar-refractivity contribution < 1.29 is 24.8 Å². The third kappa shape index (κ3) is 13.1. The van der Waals surface area contributed by atoms with Crippen LogP contribution in [0.4, 0.5) is 0 Å². The highest BCUT2D eigenvalue weighted by Gasteiger charge is 2.40. The largest absolute Gasteiger partial charge is 0.394 e. The number of rotatable bonds is 20. The molecule has 178 valence electrons. The highest BCUT2D eigenvalue weighted by Crippen LogP contribution is 2.20. The van der Waals surface area contributed by atoms with Gasteiger partial charge in [-0.25, -0.2) is 0 Å². The number of unbranched alkanes of at least 4 members (excludes halogenated alkanes) is 13. The Bertz CT molecular complexity index is 401. The van der Waals surface area contributed by atoms with Gasteiger partial charge in [0.25, 0.3) is 0 Å². The molecule has 1 saturated heterocycles. The van der Waals surface area contributed by atoms with Crippen LogP contribution in [0.15, 0.2) is 12.2 Å². The van der Waals surface area contributed by atoms with Crippen molar-refractivity contribution in [3.05, 3.63) is 12.2 Å². The van der Waals surface area contributed by atoms with Gasteiger partial charge in [0.05, 0.1) is 13.2 Å². The van der Waals surface area contributed by atoms with Crippen LogP contribution in [-0.2, 0) is 9.47 Å². The van der Waals surface area contributed by atoms with Crippen molar-refractivity contribution in [1.82, 2.24) is 0 Å². The number of allylic oxidation sites excluding steroid dienone is 2. The van der Waals surface area contributed by atoms with E-state index < -0.39 is 24.4 Å². The summed E-state index contributed by atoms with van der Waals surface area (Å²) < 4.78 is 11.0. The van der Waals surface area contributed by atoms with E-state index in [-0.39, 0.29) is 13.2 Å². The van der Waals surface area contributed by atoms with Gasteiger partial charge in [-0.3, -0.25) is 0 Å². The van der Waals surface area contributed by atoms with Crippen molar-refractivity contribution in [3.63, 3.8) is 0 Å². The first-order valence-corrected chi connectivity index (χ1v) is 12.6. The van der Waals surface area contributed by atoms with Crippen LogP contribution in [0.3, 0.4) is 0 Å². The number of aliphatic hydroxyl groups is 3. The number of hydrogen-bond donors (Lipinski definition) is 3. The second-order valence-electron chi connectivity index (χ2n) is 8.74. The summed E-state index contributed by atoms with van der Waals surface area (Å²) in [6, 6.07) is 0. The van der Waals surface area contributed by atoms with Gasteiger partial charge in [0.15, 0.2) is 0 Å². The SMILES string of the molecule is CCCCCCCC/C=C/CCCCCCCCCO[C@H](CO)[C@H]1OC[C@H](O)[C@H]1O. The molecule has 1 fully saturated rings. The summed E-state index contributed by atoms with van der Waals surface area (Å²) in [6.45, 7) is 2.71. The van der Waals surface area contributed by atoms with Gasteiger partial charge in [-0.15, -0.1) is 0 Å². The van der Waals surface area contributed by atoms with Gasteiger partial charge in [0, 0.05) is 6.61 Å². The zero-order valence-electron chi connectivity index (χ0n) is 19.4. The second kappa shape index (κ2) is 19.2. The minimum atomic E-state index is -0.979. The summed E-state index contributed by atoms with van der Waals surface area (Å²) in [6.07, 6.45) is 20.8. The fraction of sp³-hybridized carbons (Fsp3) is 0.920. The first-order valence-electron chi connectivity index (χ1n) is 12.6. The van der Waals surface area contributed by atoms with Crippen LogP contribution in [0.25, 0.3) is 0 Å². The first kappa shape index (κ1) is 27.6. The Balaban J connectivity index is 1.83. The van der Waals surface area contributed by atoms with E-state index in [1.807, 2.05) is 0 Å². The van der Waals surface area contributed by atoms with E-state index in [9.17, 15) is 15.3 Å². The van der Waals surface area contributed by atoms with Gasteiger partial charge < -0.3 is 24.8 Å². The molecule has 3 N–H and O–H groups in total. The average molecular weight is 429 g/mol. The molecule has 0 amide bonds. The van der Waals surface area contributed by atoms with Crippen molar-refractivity contribution in [3.8, 4) is 0 Å². The van der Waals surface area contributed by atoms with Crippen LogP contribution in [0.2, 0.25) is 0 Å². The van der Waals surface area contributed by atoms with E-state index in [0.29, 0.717) is 6.61 Å². The molecule has 0 aromatic rings. The van der Waals surface area contributed by atoms with Crippen LogP contribution in [0, 0.1) is 0 Å². The van der Waals surface area contributed by atoms with Crippen molar-refractivity contribution in [2.75, 3.05) is 19.8 Å². The summed E-state index contributed by atoms with van der Waals surface area (Å²) in [4.78, 5) is 0. The van der Waals surface area contributed by atoms with Gasteiger partial charge in [0.2, 0.25) is 0 Å². The first-order chi connectivity index (χ1) is 14.7. The molecule has 5 nitrogen and oxygen atoms in total. The van der Waals surface area contributed by atoms with Crippen molar-refractivity contribution in [2.45, 2.75) is 128 Å². The Hall–Kier alpha value is -0.460. The van der Waals surface area contributed by atoms with Crippen molar-refractivity contribution in [1.29, 1.82) is 0 Å². The molecule has 30 heavy (non-hydrogen) atoms. The average Bonchev–Trinajstić information content (AvgIpc) is 3.08. The Morgan fingerprint density at radius 3 is 1.87 bits per heavy atom. The maximum absolute atomic E-state index is 9.84. The molecule has 1 aliphatic heterocycles. The molecule has 1 rings (SSSR count). The second-order valence-corrected chi connectivity index (χ2v) is 8.74. The van der Waals surface area contributed by atoms with Crippen LogP contribution in [0.1, 0.15) is 103 Å². The molecule has 0 aromatic carbocycles. The van der Waals surface area contributed by atoms with Gasteiger partial charge >= 0.3 is 0 Å². The van der Waals surface area contributed by atoms with Crippen molar-refractivity contribution in [2.24, 2.45) is 0 Å². The topological polar surface area (TPSA) is 79.2 Å². The van der Waals surface area contributed by atoms with Gasteiger partial charge in [-0.1, -0.05) is 83.3 Å². The summed E-state index contributed by atoms with van der Waals surface area (Å²) >= 11 is 0. The quantitative estimate of drug-likeness (QED) is 0.190. The third-order valence-electron chi connectivity index (χ3n) is 5.97. The van der Waals surface area contributed by atoms with E-state index in [2.05, 4.69) is 19.1 Å². The zero-order chi connectivity index (χ0) is 21.9. The lowest BCUT2D eigenvalue weighted by atomic mass is 10.1. The van der Waals surface area contributed by atoms with Gasteiger partial charge in [-0.05, 0) is 32.1 Å². The molecule has 0 aromatic heterocycles. The summed E-state index contributed by atoms with van der Waals surface area (Å²) in [5.74, 6) is 0. The predicted molar refractivity (Wildman–Crippen MR) is 123 cm³/mol. The molecule has 0 saturated carbocycles. The molecule has 4 atom stereocenters. The molecular formula is C25H48O5. The van der Waals surface area contributed by atoms with Crippen LogP contribution >= 0.6 is 0 Å². The van der Waals surface area contributed by atoms with Gasteiger partial charge in [-0.2, -0.15) is 0 Å². The van der Waals surface area contributed by atoms with Gasteiger partial charge in [0.1, 0.15) is 24.4 Å². The van der Waals surface area contributed by atoms with E-state index in [1.54, 1.807) is 0 Å². The van der Waals surface area contributed by atoms with E-state index in [4.69, 9.17) is 9.47 Å². The molecule has 1 heterocycles. The Morgan fingerprint density at radius 2 is 1.37 bits per heavy atom. The fourth-order valence-corrected chi connectivity index (χ4v) is 3.97. The maximum Gasteiger partial charge on any atom is 0.114 e. The van der Waals surface area contributed by atoms with Crippen LogP contribution in [0.5, 0.6) is 0 Å². The Morgan fingerprint density at radius 1 is 0.833 bits per heavy atom. The van der Waals surface area contributed by atoms with Crippen LogP contribution < -0.4 is 0 Å². The van der Waals surface area contributed by atoms with E-state index in [1.165, 1.54) is 83.5 Å². The lowest BCUT2D eigenvalue weighted by Crippen LogP contribution is -2.42. The molecule has 0 bridgehead atoms. The Labute approximate surface area is 184 Å². The highest BCUT2D eigenvalue weighted by atomic mass is 16.6. The molecule has 0 spiro atoms. The lowest BCUT2D eigenvalue weighted by Gasteiger charge is -2.24. The lowest BCUT2D eigenvalue weighted by molar-refractivity contribution is -0.101.